The zero-order valence-corrected chi connectivity index (χ0v) is 21.3. The van der Waals surface area contributed by atoms with Gasteiger partial charge in [-0.2, -0.15) is 9.03 Å². The number of sulfonamides is 2. The van der Waals surface area contributed by atoms with E-state index in [4.69, 9.17) is 16.3 Å². The molecule has 0 spiro atoms. The molecule has 0 bridgehead atoms. The van der Waals surface area contributed by atoms with E-state index in [1.165, 1.54) is 48.7 Å². The van der Waals surface area contributed by atoms with Crippen molar-refractivity contribution in [2.24, 2.45) is 0 Å². The van der Waals surface area contributed by atoms with Gasteiger partial charge in [-0.3, -0.25) is 4.79 Å². The van der Waals surface area contributed by atoms with Gasteiger partial charge in [-0.25, -0.2) is 16.8 Å². The second kappa shape index (κ2) is 11.0. The Kier molecular flexibility index (Phi) is 8.58. The molecular formula is C22H28ClN3O6S2. The number of hydrogen-bond donors (Lipinski definition) is 2. The first kappa shape index (κ1) is 26.4. The fraction of sp³-hybridized carbons (Fsp3) is 0.409. The largest absolute Gasteiger partial charge is 0.495 e. The molecule has 1 fully saturated rings. The lowest BCUT2D eigenvalue weighted by Crippen LogP contribution is -2.44. The van der Waals surface area contributed by atoms with Crippen LogP contribution in [0.5, 0.6) is 5.75 Å². The lowest BCUT2D eigenvalue weighted by Gasteiger charge is -2.25. The van der Waals surface area contributed by atoms with E-state index in [0.29, 0.717) is 24.4 Å². The van der Waals surface area contributed by atoms with Gasteiger partial charge in [-0.15, -0.1) is 0 Å². The van der Waals surface area contributed by atoms with Crippen molar-refractivity contribution >= 4 is 37.6 Å². The predicted octanol–water partition coefficient (Wildman–Crippen LogP) is 2.51. The Hall–Kier alpha value is -2.18. The van der Waals surface area contributed by atoms with Gasteiger partial charge in [0.15, 0.2) is 0 Å². The van der Waals surface area contributed by atoms with Crippen molar-refractivity contribution in [3.8, 4) is 5.75 Å². The summed E-state index contributed by atoms with van der Waals surface area (Å²) in [7, 11) is -6.10. The second-order valence-corrected chi connectivity index (χ2v) is 12.0. The summed E-state index contributed by atoms with van der Waals surface area (Å²) in [6.45, 7) is 2.59. The molecule has 0 aromatic heterocycles. The third-order valence-corrected chi connectivity index (χ3v) is 9.25. The van der Waals surface area contributed by atoms with Gasteiger partial charge in [-0.1, -0.05) is 30.2 Å². The number of hydrogen-bond acceptors (Lipinski definition) is 6. The normalized spacial score (nSPS) is 16.1. The first-order valence-corrected chi connectivity index (χ1v) is 14.1. The van der Waals surface area contributed by atoms with Crippen LogP contribution in [0.15, 0.2) is 52.3 Å². The number of amides is 1. The van der Waals surface area contributed by atoms with Crippen molar-refractivity contribution in [2.45, 2.75) is 48.6 Å². The Morgan fingerprint density at radius 1 is 1.03 bits per heavy atom. The number of halogens is 1. The molecule has 1 saturated heterocycles. The number of nitrogens with zero attached hydrogens (tertiary/aromatic N) is 1. The summed E-state index contributed by atoms with van der Waals surface area (Å²) in [5.74, 6) is -0.200. The van der Waals surface area contributed by atoms with Gasteiger partial charge < -0.3 is 10.1 Å². The van der Waals surface area contributed by atoms with Crippen LogP contribution in [0.1, 0.15) is 31.7 Å². The minimum atomic E-state index is -3.99. The zero-order chi connectivity index (χ0) is 24.9. The van der Waals surface area contributed by atoms with Gasteiger partial charge in [0.1, 0.15) is 5.75 Å². The summed E-state index contributed by atoms with van der Waals surface area (Å²) in [5, 5.41) is 2.78. The predicted molar refractivity (Wildman–Crippen MR) is 129 cm³/mol. The minimum absolute atomic E-state index is 0.0940. The SMILES string of the molecule is COc1ccc(S(=O)(=O)NC(C)C(=O)NCc2ccc(S(=O)(=O)N3CCCCC3)cc2)cc1Cl. The molecule has 12 heteroatoms. The molecule has 9 nitrogen and oxygen atoms in total. The molecule has 2 aromatic rings. The molecule has 0 saturated carbocycles. The van der Waals surface area contributed by atoms with Gasteiger partial charge in [0.25, 0.3) is 0 Å². The third kappa shape index (κ3) is 6.28. The molecule has 3 rings (SSSR count). The van der Waals surface area contributed by atoms with Crippen LogP contribution in [-0.4, -0.2) is 53.3 Å². The number of nitrogens with one attached hydrogen (secondary N) is 2. The Balaban J connectivity index is 1.58. The van der Waals surface area contributed by atoms with E-state index in [0.717, 1.165) is 19.3 Å². The van der Waals surface area contributed by atoms with Crippen LogP contribution in [0.2, 0.25) is 5.02 Å². The number of ether oxygens (including phenoxy) is 1. The standard InChI is InChI=1S/C22H28ClN3O6S2/c1-16(25-33(28,29)19-10-11-21(32-2)20(23)14-19)22(27)24-15-17-6-8-18(9-7-17)34(30,31)26-12-4-3-5-13-26/h6-11,14,16,25H,3-5,12-13,15H2,1-2H3,(H,24,27). The average Bonchev–Trinajstić information content (AvgIpc) is 2.83. The highest BCUT2D eigenvalue weighted by molar-refractivity contribution is 7.89. The number of rotatable bonds is 9. The molecule has 1 unspecified atom stereocenters. The molecular weight excluding hydrogens is 502 g/mol. The zero-order valence-electron chi connectivity index (χ0n) is 19.0. The lowest BCUT2D eigenvalue weighted by atomic mass is 10.2. The fourth-order valence-electron chi connectivity index (χ4n) is 3.54. The molecule has 2 aromatic carbocycles. The maximum atomic E-state index is 12.7. The van der Waals surface area contributed by atoms with Gasteiger partial charge in [0.2, 0.25) is 26.0 Å². The average molecular weight is 530 g/mol. The molecule has 1 aliphatic heterocycles. The maximum Gasteiger partial charge on any atom is 0.243 e. The summed E-state index contributed by atoms with van der Waals surface area (Å²) >= 11 is 6.00. The van der Waals surface area contributed by atoms with E-state index >= 15 is 0 Å². The van der Waals surface area contributed by atoms with Crippen molar-refractivity contribution in [1.82, 2.24) is 14.3 Å². The van der Waals surface area contributed by atoms with Gasteiger partial charge in [-0.05, 0) is 55.7 Å². The molecule has 1 heterocycles. The molecule has 0 radical (unpaired) electrons. The highest BCUT2D eigenvalue weighted by atomic mass is 35.5. The van der Waals surface area contributed by atoms with Gasteiger partial charge >= 0.3 is 0 Å². The summed E-state index contributed by atoms with van der Waals surface area (Å²) in [6, 6.07) is 9.25. The van der Waals surface area contributed by atoms with Crippen LogP contribution in [0.25, 0.3) is 0 Å². The van der Waals surface area contributed by atoms with Crippen LogP contribution in [-0.2, 0) is 31.4 Å². The van der Waals surface area contributed by atoms with E-state index in [2.05, 4.69) is 10.0 Å². The van der Waals surface area contributed by atoms with E-state index in [1.54, 1.807) is 12.1 Å². The van der Waals surface area contributed by atoms with E-state index in [-0.39, 0.29) is 21.4 Å². The number of carbonyl (C=O) groups excluding carboxylic acids is 1. The summed E-state index contributed by atoms with van der Waals surface area (Å²) in [4.78, 5) is 12.6. The van der Waals surface area contributed by atoms with E-state index in [9.17, 15) is 21.6 Å². The summed E-state index contributed by atoms with van der Waals surface area (Å²) < 4.78 is 59.5. The highest BCUT2D eigenvalue weighted by Crippen LogP contribution is 2.27. The minimum Gasteiger partial charge on any atom is -0.495 e. The Morgan fingerprint density at radius 3 is 2.24 bits per heavy atom. The fourth-order valence-corrected chi connectivity index (χ4v) is 6.61. The molecule has 2 N–H and O–H groups in total. The smallest absolute Gasteiger partial charge is 0.243 e. The number of benzene rings is 2. The summed E-state index contributed by atoms with van der Waals surface area (Å²) in [6.07, 6.45) is 2.75. The topological polar surface area (TPSA) is 122 Å². The van der Waals surface area contributed by atoms with Crippen molar-refractivity contribution in [3.63, 3.8) is 0 Å². The quantitative estimate of drug-likeness (QED) is 0.514. The van der Waals surface area contributed by atoms with Crippen molar-refractivity contribution in [3.05, 3.63) is 53.1 Å². The number of piperidine rings is 1. The molecule has 0 aliphatic carbocycles. The van der Waals surface area contributed by atoms with Crippen LogP contribution in [0, 0.1) is 0 Å². The molecule has 34 heavy (non-hydrogen) atoms. The third-order valence-electron chi connectivity index (χ3n) is 5.50. The van der Waals surface area contributed by atoms with Crippen LogP contribution < -0.4 is 14.8 Å². The molecule has 1 amide bonds. The van der Waals surface area contributed by atoms with Crippen molar-refractivity contribution in [2.75, 3.05) is 20.2 Å². The van der Waals surface area contributed by atoms with Crippen LogP contribution in [0.3, 0.4) is 0 Å². The molecule has 1 aliphatic rings. The monoisotopic (exact) mass is 529 g/mol. The van der Waals surface area contributed by atoms with E-state index < -0.39 is 32.0 Å². The molecule has 186 valence electrons. The van der Waals surface area contributed by atoms with Crippen LogP contribution in [0.4, 0.5) is 0 Å². The number of methoxy groups -OCH3 is 1. The lowest BCUT2D eigenvalue weighted by molar-refractivity contribution is -0.122. The van der Waals surface area contributed by atoms with E-state index in [1.807, 2.05) is 0 Å². The maximum absolute atomic E-state index is 12.7. The first-order valence-electron chi connectivity index (χ1n) is 10.8. The van der Waals surface area contributed by atoms with Crippen molar-refractivity contribution < 1.29 is 26.4 Å². The van der Waals surface area contributed by atoms with Gasteiger partial charge in [0.05, 0.1) is 28.0 Å². The van der Waals surface area contributed by atoms with Gasteiger partial charge in [0, 0.05) is 19.6 Å². The Labute approximate surface area is 205 Å². The first-order chi connectivity index (χ1) is 16.0. The van der Waals surface area contributed by atoms with Crippen molar-refractivity contribution in [1.29, 1.82) is 0 Å². The second-order valence-electron chi connectivity index (χ2n) is 7.97. The van der Waals surface area contributed by atoms with Crippen LogP contribution >= 0.6 is 11.6 Å². The number of carbonyl (C=O) groups is 1. The summed E-state index contributed by atoms with van der Waals surface area (Å²) in [5.41, 5.74) is 0.683. The Bertz CT molecular complexity index is 1230. The molecule has 1 atom stereocenters. The Morgan fingerprint density at radius 2 is 1.65 bits per heavy atom. The highest BCUT2D eigenvalue weighted by Gasteiger charge is 2.26.